The zero-order valence-corrected chi connectivity index (χ0v) is 8.14. The molecule has 0 radical (unpaired) electrons. The van der Waals surface area contributed by atoms with E-state index in [-0.39, 0.29) is 11.4 Å². The molecule has 0 amide bonds. The number of ether oxygens (including phenoxy) is 1. The van der Waals surface area contributed by atoms with Crippen LogP contribution < -0.4 is 10.5 Å². The number of hydrogen-bond donors (Lipinski definition) is 2. The molecule has 3 N–H and O–H groups in total. The van der Waals surface area contributed by atoms with Gasteiger partial charge in [-0.25, -0.2) is 9.78 Å². The number of aromatic nitrogens is 1. The second-order valence-electron chi connectivity index (χ2n) is 3.68. The van der Waals surface area contributed by atoms with E-state index in [1.165, 1.54) is 12.3 Å². The molecule has 0 atom stereocenters. The molecule has 1 heterocycles. The number of pyridine rings is 1. The summed E-state index contributed by atoms with van der Waals surface area (Å²) < 4.78 is 5.33. The number of carboxylic acid groups (broad SMARTS) is 1. The molecular formula is C10H12N2O3. The number of carbonyl (C=O) groups is 1. The quantitative estimate of drug-likeness (QED) is 0.775. The zero-order valence-electron chi connectivity index (χ0n) is 8.14. The molecule has 0 aliphatic heterocycles. The largest absolute Gasteiger partial charge is 0.477 e. The van der Waals surface area contributed by atoms with Gasteiger partial charge in [0, 0.05) is 0 Å². The summed E-state index contributed by atoms with van der Waals surface area (Å²) in [6.45, 7) is 0.539. The van der Waals surface area contributed by atoms with E-state index in [4.69, 9.17) is 15.6 Å². The van der Waals surface area contributed by atoms with E-state index < -0.39 is 5.97 Å². The van der Waals surface area contributed by atoms with Crippen molar-refractivity contribution < 1.29 is 14.6 Å². The molecule has 1 saturated carbocycles. The molecule has 5 heteroatoms. The summed E-state index contributed by atoms with van der Waals surface area (Å²) >= 11 is 0. The van der Waals surface area contributed by atoms with Gasteiger partial charge in [0.25, 0.3) is 0 Å². The minimum Gasteiger partial charge on any atom is -0.477 e. The van der Waals surface area contributed by atoms with E-state index in [9.17, 15) is 4.79 Å². The molecule has 0 bridgehead atoms. The highest BCUT2D eigenvalue weighted by molar-refractivity contribution is 5.91. The van der Waals surface area contributed by atoms with Crippen LogP contribution in [0.15, 0.2) is 12.3 Å². The van der Waals surface area contributed by atoms with Crippen molar-refractivity contribution in [3.63, 3.8) is 0 Å². The summed E-state index contributed by atoms with van der Waals surface area (Å²) in [6, 6.07) is 1.36. The van der Waals surface area contributed by atoms with Gasteiger partial charge in [0.2, 0.25) is 5.88 Å². The maximum atomic E-state index is 10.9. The first-order valence-electron chi connectivity index (χ1n) is 4.78. The van der Waals surface area contributed by atoms with Crippen molar-refractivity contribution in [2.45, 2.75) is 12.8 Å². The fourth-order valence-corrected chi connectivity index (χ4v) is 1.22. The summed E-state index contributed by atoms with van der Waals surface area (Å²) in [7, 11) is 0. The third-order valence-electron chi connectivity index (χ3n) is 2.26. The lowest BCUT2D eigenvalue weighted by atomic mass is 10.2. The van der Waals surface area contributed by atoms with Crippen molar-refractivity contribution >= 4 is 11.7 Å². The first kappa shape index (κ1) is 9.76. The highest BCUT2D eigenvalue weighted by Crippen LogP contribution is 2.30. The van der Waals surface area contributed by atoms with Gasteiger partial charge in [-0.2, -0.15) is 0 Å². The summed E-state index contributed by atoms with van der Waals surface area (Å²) in [6.07, 6.45) is 3.70. The highest BCUT2D eigenvalue weighted by Gasteiger charge is 2.23. The third-order valence-corrected chi connectivity index (χ3v) is 2.26. The fraction of sp³-hybridized carbons (Fsp3) is 0.400. The van der Waals surface area contributed by atoms with Crippen molar-refractivity contribution in [3.8, 4) is 5.88 Å². The average molecular weight is 208 g/mol. The number of hydrogen-bond acceptors (Lipinski definition) is 4. The van der Waals surface area contributed by atoms with E-state index in [1.54, 1.807) is 0 Å². The molecule has 1 aromatic heterocycles. The predicted molar refractivity (Wildman–Crippen MR) is 53.8 cm³/mol. The van der Waals surface area contributed by atoms with Crippen LogP contribution in [0, 0.1) is 5.92 Å². The Morgan fingerprint density at radius 1 is 1.67 bits per heavy atom. The molecule has 0 saturated heterocycles. The van der Waals surface area contributed by atoms with Gasteiger partial charge >= 0.3 is 5.97 Å². The van der Waals surface area contributed by atoms with Gasteiger partial charge in [-0.15, -0.1) is 0 Å². The Morgan fingerprint density at radius 2 is 2.40 bits per heavy atom. The van der Waals surface area contributed by atoms with E-state index in [0.29, 0.717) is 18.2 Å². The molecule has 1 aliphatic carbocycles. The van der Waals surface area contributed by atoms with Crippen LogP contribution in [0.5, 0.6) is 5.88 Å². The lowest BCUT2D eigenvalue weighted by molar-refractivity contribution is 0.0691. The van der Waals surface area contributed by atoms with Crippen LogP contribution in [-0.4, -0.2) is 22.7 Å². The maximum Gasteiger partial charge on any atom is 0.341 e. The van der Waals surface area contributed by atoms with E-state index in [2.05, 4.69) is 4.98 Å². The van der Waals surface area contributed by atoms with Crippen molar-refractivity contribution in [2.24, 2.45) is 5.92 Å². The molecule has 5 nitrogen and oxygen atoms in total. The minimum atomic E-state index is -1.07. The number of rotatable bonds is 4. The monoisotopic (exact) mass is 208 g/mol. The van der Waals surface area contributed by atoms with Crippen LogP contribution >= 0.6 is 0 Å². The molecule has 1 aliphatic rings. The molecule has 0 unspecified atom stereocenters. The Morgan fingerprint density at radius 3 is 3.00 bits per heavy atom. The van der Waals surface area contributed by atoms with E-state index >= 15 is 0 Å². The van der Waals surface area contributed by atoms with Gasteiger partial charge in [-0.1, -0.05) is 0 Å². The molecule has 15 heavy (non-hydrogen) atoms. The number of carboxylic acids is 1. The second-order valence-corrected chi connectivity index (χ2v) is 3.68. The molecule has 80 valence electrons. The van der Waals surface area contributed by atoms with Gasteiger partial charge in [0.15, 0.2) is 0 Å². The van der Waals surface area contributed by atoms with Gasteiger partial charge in [0.1, 0.15) is 5.56 Å². The highest BCUT2D eigenvalue weighted by atomic mass is 16.5. The summed E-state index contributed by atoms with van der Waals surface area (Å²) in [5.74, 6) is -0.352. The van der Waals surface area contributed by atoms with Crippen molar-refractivity contribution in [2.75, 3.05) is 12.3 Å². The standard InChI is InChI=1S/C10H12N2O3/c11-7-3-8(10(13)14)9(12-4-7)15-5-6-1-2-6/h3-4,6H,1-2,5,11H2,(H,13,14). The molecule has 1 fully saturated rings. The van der Waals surface area contributed by atoms with Crippen molar-refractivity contribution in [3.05, 3.63) is 17.8 Å². The SMILES string of the molecule is Nc1cnc(OCC2CC2)c(C(=O)O)c1. The third kappa shape index (κ3) is 2.37. The Bertz CT molecular complexity index is 388. The Balaban J connectivity index is 2.15. The molecule has 2 rings (SSSR count). The Hall–Kier alpha value is -1.78. The molecule has 0 spiro atoms. The minimum absolute atomic E-state index is 0.0238. The van der Waals surface area contributed by atoms with Crippen molar-refractivity contribution in [1.82, 2.24) is 4.98 Å². The van der Waals surface area contributed by atoms with Gasteiger partial charge in [0.05, 0.1) is 18.5 Å². The Labute approximate surface area is 86.9 Å². The van der Waals surface area contributed by atoms with Crippen LogP contribution in [0.25, 0.3) is 0 Å². The smallest absolute Gasteiger partial charge is 0.341 e. The summed E-state index contributed by atoms with van der Waals surface area (Å²) in [5.41, 5.74) is 5.80. The molecular weight excluding hydrogens is 196 g/mol. The normalized spacial score (nSPS) is 14.9. The van der Waals surface area contributed by atoms with Crippen LogP contribution in [0.4, 0.5) is 5.69 Å². The Kier molecular flexibility index (Phi) is 2.45. The van der Waals surface area contributed by atoms with E-state index in [0.717, 1.165) is 12.8 Å². The number of anilines is 1. The summed E-state index contributed by atoms with van der Waals surface area (Å²) in [4.78, 5) is 14.7. The molecule has 1 aromatic rings. The number of nitrogens with zero attached hydrogens (tertiary/aromatic N) is 1. The first-order chi connectivity index (χ1) is 7.16. The zero-order chi connectivity index (χ0) is 10.8. The topological polar surface area (TPSA) is 85.4 Å². The van der Waals surface area contributed by atoms with Crippen LogP contribution in [0.1, 0.15) is 23.2 Å². The average Bonchev–Trinajstić information content (AvgIpc) is 2.99. The summed E-state index contributed by atoms with van der Waals surface area (Å²) in [5, 5.41) is 8.90. The van der Waals surface area contributed by atoms with Gasteiger partial charge < -0.3 is 15.6 Å². The first-order valence-corrected chi connectivity index (χ1v) is 4.78. The second kappa shape index (κ2) is 3.76. The van der Waals surface area contributed by atoms with Gasteiger partial charge in [-0.05, 0) is 24.8 Å². The maximum absolute atomic E-state index is 10.9. The predicted octanol–water partition coefficient (Wildman–Crippen LogP) is 1.15. The van der Waals surface area contributed by atoms with Crippen molar-refractivity contribution in [1.29, 1.82) is 0 Å². The molecule has 0 aromatic carbocycles. The number of nitrogen functional groups attached to an aromatic ring is 1. The number of aromatic carboxylic acids is 1. The fourth-order valence-electron chi connectivity index (χ4n) is 1.22. The van der Waals surface area contributed by atoms with E-state index in [1.807, 2.05) is 0 Å². The lowest BCUT2D eigenvalue weighted by Crippen LogP contribution is -2.08. The lowest BCUT2D eigenvalue weighted by Gasteiger charge is -2.07. The van der Waals surface area contributed by atoms with Crippen LogP contribution in [0.2, 0.25) is 0 Å². The van der Waals surface area contributed by atoms with Gasteiger partial charge in [-0.3, -0.25) is 0 Å². The van der Waals surface area contributed by atoms with Crippen LogP contribution in [0.3, 0.4) is 0 Å². The van der Waals surface area contributed by atoms with Crippen LogP contribution in [-0.2, 0) is 0 Å². The number of nitrogens with two attached hydrogens (primary N) is 1.